The molecule has 0 aromatic heterocycles. The summed E-state index contributed by atoms with van der Waals surface area (Å²) in [6.45, 7) is 2.30. The normalized spacial score (nSPS) is 19.5. The molecule has 0 saturated carbocycles. The zero-order chi connectivity index (χ0) is 16.1. The van der Waals surface area contributed by atoms with Gasteiger partial charge in [0.15, 0.2) is 11.9 Å². The standard InChI is InChI=1S/C15H18NO5P/c1-10(9-22(20)13-7-3-2-6-12(13)17)14(18)21-15(19)11-5-4-8-16-11/h2-3,6-7,10-11,16H,4-5,8-9H2,1H3/p+1/t10?,11-/m0/s1. The molecule has 1 heterocycles. The van der Waals surface area contributed by atoms with E-state index in [4.69, 9.17) is 4.74 Å². The molecular weight excluding hydrogens is 305 g/mol. The van der Waals surface area contributed by atoms with Crippen molar-refractivity contribution in [1.29, 1.82) is 0 Å². The molecule has 1 aliphatic heterocycles. The molecule has 1 saturated heterocycles. The fraction of sp³-hybridized carbons (Fsp3) is 0.467. The van der Waals surface area contributed by atoms with Crippen LogP contribution in [0.2, 0.25) is 0 Å². The van der Waals surface area contributed by atoms with E-state index in [1.165, 1.54) is 6.07 Å². The molecule has 1 aliphatic rings. The second-order valence-electron chi connectivity index (χ2n) is 5.34. The van der Waals surface area contributed by atoms with Crippen molar-refractivity contribution in [3.05, 3.63) is 24.3 Å². The zero-order valence-corrected chi connectivity index (χ0v) is 13.2. The lowest BCUT2D eigenvalue weighted by atomic mass is 10.2. The van der Waals surface area contributed by atoms with Gasteiger partial charge in [-0.05, 0) is 38.4 Å². The SMILES string of the molecule is CC(C[P+](=O)c1ccccc1O)C(=O)OC(=O)[C@@H]1CCCN1. The first kappa shape index (κ1) is 16.6. The number of para-hydroxylation sites is 1. The number of phenols is 1. The third-order valence-corrected chi connectivity index (χ3v) is 5.33. The summed E-state index contributed by atoms with van der Waals surface area (Å²) < 4.78 is 17.0. The van der Waals surface area contributed by atoms with Crippen LogP contribution in [0.4, 0.5) is 0 Å². The molecule has 0 radical (unpaired) electrons. The Bertz CT molecular complexity index is 583. The number of rotatable bonds is 5. The molecule has 22 heavy (non-hydrogen) atoms. The molecule has 1 fully saturated rings. The van der Waals surface area contributed by atoms with E-state index in [2.05, 4.69) is 5.32 Å². The highest BCUT2D eigenvalue weighted by Crippen LogP contribution is 2.28. The van der Waals surface area contributed by atoms with E-state index < -0.39 is 31.7 Å². The smallest absolute Gasteiger partial charge is 0.381 e. The highest BCUT2D eigenvalue weighted by Gasteiger charge is 2.33. The number of esters is 2. The average molecular weight is 324 g/mol. The average Bonchev–Trinajstić information content (AvgIpc) is 3.01. The third kappa shape index (κ3) is 4.12. The summed E-state index contributed by atoms with van der Waals surface area (Å²) in [5, 5.41) is 12.9. The number of hydrogen-bond acceptors (Lipinski definition) is 6. The lowest BCUT2D eigenvalue weighted by Crippen LogP contribution is -2.35. The van der Waals surface area contributed by atoms with Crippen LogP contribution >= 0.6 is 7.80 Å². The topological polar surface area (TPSA) is 92.7 Å². The molecular formula is C15H19NO5P+. The fourth-order valence-electron chi connectivity index (χ4n) is 2.25. The molecule has 0 aliphatic carbocycles. The lowest BCUT2D eigenvalue weighted by molar-refractivity contribution is -0.163. The first-order chi connectivity index (χ1) is 10.5. The highest BCUT2D eigenvalue weighted by molar-refractivity contribution is 7.53. The number of carbonyl (C=O) groups excluding carboxylic acids is 2. The van der Waals surface area contributed by atoms with Crippen molar-refractivity contribution in [2.24, 2.45) is 5.92 Å². The molecule has 3 atom stereocenters. The Morgan fingerprint density at radius 2 is 2.18 bits per heavy atom. The van der Waals surface area contributed by atoms with Crippen LogP contribution in [0.25, 0.3) is 0 Å². The maximum absolute atomic E-state index is 12.2. The van der Waals surface area contributed by atoms with Crippen molar-refractivity contribution in [2.45, 2.75) is 25.8 Å². The van der Waals surface area contributed by atoms with E-state index in [1.807, 2.05) is 0 Å². The van der Waals surface area contributed by atoms with E-state index >= 15 is 0 Å². The monoisotopic (exact) mass is 324 g/mol. The van der Waals surface area contributed by atoms with Crippen molar-refractivity contribution in [3.63, 3.8) is 0 Å². The van der Waals surface area contributed by atoms with Gasteiger partial charge in [0.1, 0.15) is 6.04 Å². The minimum absolute atomic E-state index is 0.0249. The number of carbonyl (C=O) groups is 2. The predicted octanol–water partition coefficient (Wildman–Crippen LogP) is 1.30. The minimum atomic E-state index is -1.93. The Morgan fingerprint density at radius 1 is 1.45 bits per heavy atom. The van der Waals surface area contributed by atoms with Gasteiger partial charge in [-0.2, -0.15) is 0 Å². The van der Waals surface area contributed by atoms with Gasteiger partial charge in [0.25, 0.3) is 0 Å². The largest absolute Gasteiger partial charge is 0.504 e. The van der Waals surface area contributed by atoms with E-state index in [9.17, 15) is 19.3 Å². The molecule has 1 aromatic carbocycles. The Hall–Kier alpha value is -1.78. The summed E-state index contributed by atoms with van der Waals surface area (Å²) in [7, 11) is -1.93. The van der Waals surface area contributed by atoms with E-state index in [-0.39, 0.29) is 11.9 Å². The van der Waals surface area contributed by atoms with Gasteiger partial charge in [-0.15, -0.1) is 0 Å². The van der Waals surface area contributed by atoms with Gasteiger partial charge < -0.3 is 15.2 Å². The second-order valence-corrected chi connectivity index (χ2v) is 6.94. The van der Waals surface area contributed by atoms with Crippen LogP contribution in [-0.4, -0.2) is 35.8 Å². The number of ether oxygens (including phenoxy) is 1. The van der Waals surface area contributed by atoms with Gasteiger partial charge in [-0.1, -0.05) is 16.7 Å². The van der Waals surface area contributed by atoms with E-state index in [0.29, 0.717) is 11.7 Å². The van der Waals surface area contributed by atoms with Gasteiger partial charge >= 0.3 is 19.7 Å². The van der Waals surface area contributed by atoms with Gasteiger partial charge in [-0.3, -0.25) is 4.79 Å². The minimum Gasteiger partial charge on any atom is -0.504 e. The van der Waals surface area contributed by atoms with Crippen molar-refractivity contribution in [2.75, 3.05) is 12.7 Å². The molecule has 2 N–H and O–H groups in total. The van der Waals surface area contributed by atoms with Gasteiger partial charge in [0.2, 0.25) is 5.30 Å². The Kier molecular flexibility index (Phi) is 5.63. The number of aromatic hydroxyl groups is 1. The number of nitrogens with one attached hydrogen (secondary N) is 1. The molecule has 6 nitrogen and oxygen atoms in total. The van der Waals surface area contributed by atoms with Gasteiger partial charge in [0.05, 0.1) is 5.92 Å². The summed E-state index contributed by atoms with van der Waals surface area (Å²) in [6, 6.07) is 5.87. The summed E-state index contributed by atoms with van der Waals surface area (Å²) in [5.41, 5.74) is 0. The molecule has 2 unspecified atom stereocenters. The lowest BCUT2D eigenvalue weighted by Gasteiger charge is -2.10. The fourth-order valence-corrected chi connectivity index (χ4v) is 3.68. The van der Waals surface area contributed by atoms with Gasteiger partial charge in [0, 0.05) is 0 Å². The van der Waals surface area contributed by atoms with Crippen molar-refractivity contribution >= 4 is 25.0 Å². The molecule has 2 rings (SSSR count). The van der Waals surface area contributed by atoms with Crippen LogP contribution in [0.15, 0.2) is 24.3 Å². The highest BCUT2D eigenvalue weighted by atomic mass is 31.1. The Balaban J connectivity index is 1.89. The van der Waals surface area contributed by atoms with Gasteiger partial charge in [-0.25, -0.2) is 4.79 Å². The first-order valence-electron chi connectivity index (χ1n) is 7.20. The summed E-state index contributed by atoms with van der Waals surface area (Å²) in [4.78, 5) is 23.7. The van der Waals surface area contributed by atoms with Crippen LogP contribution in [0.1, 0.15) is 19.8 Å². The second kappa shape index (κ2) is 7.47. The Labute approximate surface area is 129 Å². The van der Waals surface area contributed by atoms with E-state index in [0.717, 1.165) is 13.0 Å². The third-order valence-electron chi connectivity index (χ3n) is 3.54. The van der Waals surface area contributed by atoms with Crippen molar-refractivity contribution in [1.82, 2.24) is 5.32 Å². The number of hydrogen-bond donors (Lipinski definition) is 2. The number of phenolic OH excluding ortho intramolecular Hbond substituents is 1. The summed E-state index contributed by atoms with van der Waals surface area (Å²) in [6.07, 6.45) is 1.56. The van der Waals surface area contributed by atoms with Crippen LogP contribution in [0, 0.1) is 5.92 Å². The van der Waals surface area contributed by atoms with Crippen molar-refractivity contribution in [3.8, 4) is 5.75 Å². The van der Waals surface area contributed by atoms with Crippen molar-refractivity contribution < 1.29 is 24.0 Å². The van der Waals surface area contributed by atoms with Crippen LogP contribution < -0.4 is 10.6 Å². The van der Waals surface area contributed by atoms with Crippen LogP contribution in [0.5, 0.6) is 5.75 Å². The first-order valence-corrected chi connectivity index (χ1v) is 8.65. The van der Waals surface area contributed by atoms with Crippen LogP contribution in [0.3, 0.4) is 0 Å². The Morgan fingerprint density at radius 3 is 2.82 bits per heavy atom. The molecule has 118 valence electrons. The maximum atomic E-state index is 12.2. The molecule has 0 amide bonds. The summed E-state index contributed by atoms with van der Waals surface area (Å²) >= 11 is 0. The number of benzene rings is 1. The maximum Gasteiger partial charge on any atom is 0.381 e. The molecule has 0 bridgehead atoms. The quantitative estimate of drug-likeness (QED) is 0.482. The summed E-state index contributed by atoms with van der Waals surface area (Å²) in [5.74, 6) is -2.01. The molecule has 7 heteroatoms. The molecule has 1 aromatic rings. The predicted molar refractivity (Wildman–Crippen MR) is 81.5 cm³/mol. The van der Waals surface area contributed by atoms with E-state index in [1.54, 1.807) is 25.1 Å². The zero-order valence-electron chi connectivity index (χ0n) is 12.3. The molecule has 0 spiro atoms. The van der Waals surface area contributed by atoms with Crippen LogP contribution in [-0.2, 0) is 18.9 Å².